The van der Waals surface area contributed by atoms with Crippen LogP contribution in [0.3, 0.4) is 0 Å². The number of rotatable bonds is 3. The molecule has 3 rings (SSSR count). The van der Waals surface area contributed by atoms with Crippen molar-refractivity contribution in [1.82, 2.24) is 4.57 Å². The van der Waals surface area contributed by atoms with E-state index in [0.29, 0.717) is 17.9 Å². The van der Waals surface area contributed by atoms with Gasteiger partial charge in [-0.25, -0.2) is 0 Å². The Morgan fingerprint density at radius 2 is 1.92 bits per heavy atom. The second kappa shape index (κ2) is 9.31. The Balaban J connectivity index is 0.000000671. The molecule has 0 unspecified atom stereocenters. The lowest BCUT2D eigenvalue weighted by atomic mass is 9.97. The van der Waals surface area contributed by atoms with Crippen LogP contribution in [0.5, 0.6) is 0 Å². The van der Waals surface area contributed by atoms with Gasteiger partial charge in [0.25, 0.3) is 0 Å². The van der Waals surface area contributed by atoms with Crippen LogP contribution in [0.1, 0.15) is 57.7 Å². The van der Waals surface area contributed by atoms with Crippen LogP contribution in [0.2, 0.25) is 0 Å². The first-order valence-electron chi connectivity index (χ1n) is 9.10. The molecule has 0 spiro atoms. The van der Waals surface area contributed by atoms with Gasteiger partial charge in [-0.05, 0) is 43.9 Å². The van der Waals surface area contributed by atoms with Gasteiger partial charge in [0.05, 0.1) is 17.7 Å². The van der Waals surface area contributed by atoms with Gasteiger partial charge in [-0.2, -0.15) is 0 Å². The molecule has 1 aromatic heterocycles. The fraction of sp³-hybridized carbons (Fsp3) is 0.476. The second-order valence-corrected chi connectivity index (χ2v) is 5.35. The third-order valence-corrected chi connectivity index (χ3v) is 3.86. The van der Waals surface area contributed by atoms with E-state index in [1.54, 1.807) is 0 Å². The zero-order chi connectivity index (χ0) is 18.3. The van der Waals surface area contributed by atoms with Crippen molar-refractivity contribution in [2.24, 2.45) is 0 Å². The molecule has 2 heterocycles. The predicted molar refractivity (Wildman–Crippen MR) is 105 cm³/mol. The fourth-order valence-electron chi connectivity index (χ4n) is 3.05. The standard InChI is InChI=1S/C17H19NO2.2C2H6/c1-4-20-12(3)15-10-18-7-5-6-13-8-11(2)9-14(16(13)18)17(15)19;2*1-2/h8-10H,3-7H2,1-2H3;2*1-2H3. The summed E-state index contributed by atoms with van der Waals surface area (Å²) in [5, 5.41) is 0.790. The second-order valence-electron chi connectivity index (χ2n) is 5.35. The maximum Gasteiger partial charge on any atom is 0.200 e. The average Bonchev–Trinajstić information content (AvgIpc) is 2.61. The summed E-state index contributed by atoms with van der Waals surface area (Å²) in [6.45, 7) is 17.3. The molecule has 0 saturated carbocycles. The molecule has 0 aliphatic carbocycles. The molecule has 3 heteroatoms. The molecule has 0 saturated heterocycles. The molecule has 0 N–H and O–H groups in total. The zero-order valence-corrected chi connectivity index (χ0v) is 16.0. The Morgan fingerprint density at radius 1 is 1.25 bits per heavy atom. The van der Waals surface area contributed by atoms with Crippen molar-refractivity contribution < 1.29 is 4.74 Å². The third kappa shape index (κ3) is 3.89. The lowest BCUT2D eigenvalue weighted by molar-refractivity contribution is 0.298. The van der Waals surface area contributed by atoms with E-state index in [1.807, 2.05) is 53.8 Å². The minimum atomic E-state index is 0.0292. The maximum absolute atomic E-state index is 12.7. The molecule has 0 radical (unpaired) electrons. The molecule has 0 bridgehead atoms. The smallest absolute Gasteiger partial charge is 0.200 e. The summed E-state index contributed by atoms with van der Waals surface area (Å²) in [4.78, 5) is 12.7. The maximum atomic E-state index is 12.7. The van der Waals surface area contributed by atoms with Crippen molar-refractivity contribution in [3.8, 4) is 0 Å². The van der Waals surface area contributed by atoms with Gasteiger partial charge in [-0.1, -0.05) is 40.3 Å². The van der Waals surface area contributed by atoms with Gasteiger partial charge in [-0.3, -0.25) is 4.79 Å². The van der Waals surface area contributed by atoms with Gasteiger partial charge in [0, 0.05) is 18.1 Å². The summed E-state index contributed by atoms with van der Waals surface area (Å²) < 4.78 is 7.60. The van der Waals surface area contributed by atoms with E-state index in [1.165, 1.54) is 5.56 Å². The van der Waals surface area contributed by atoms with Crippen molar-refractivity contribution in [2.45, 2.75) is 60.9 Å². The number of ether oxygens (including phenoxy) is 1. The van der Waals surface area contributed by atoms with Crippen LogP contribution >= 0.6 is 0 Å². The highest BCUT2D eigenvalue weighted by Gasteiger charge is 2.18. The van der Waals surface area contributed by atoms with Gasteiger partial charge < -0.3 is 9.30 Å². The predicted octanol–water partition coefficient (Wildman–Crippen LogP) is 5.32. The Hall–Kier alpha value is -2.03. The molecule has 2 aromatic rings. The van der Waals surface area contributed by atoms with E-state index in [0.717, 1.165) is 35.9 Å². The van der Waals surface area contributed by atoms with E-state index < -0.39 is 0 Å². The van der Waals surface area contributed by atoms with E-state index in [2.05, 4.69) is 17.2 Å². The monoisotopic (exact) mass is 329 g/mol. The third-order valence-electron chi connectivity index (χ3n) is 3.86. The SMILES string of the molecule is C=C(OCC)c1cn2c3c(cc(C)cc3c1=O)CCC2.CC.CC. The Labute approximate surface area is 146 Å². The Kier molecular flexibility index (Phi) is 7.76. The van der Waals surface area contributed by atoms with Crippen LogP contribution in [0, 0.1) is 6.92 Å². The summed E-state index contributed by atoms with van der Waals surface area (Å²) in [6, 6.07) is 4.17. The highest BCUT2D eigenvalue weighted by Crippen LogP contribution is 2.26. The van der Waals surface area contributed by atoms with E-state index in [-0.39, 0.29) is 5.43 Å². The molecular weight excluding hydrogens is 298 g/mol. The first-order chi connectivity index (χ1) is 11.6. The first kappa shape index (κ1) is 20.0. The number of aryl methyl sites for hydroxylation is 3. The van der Waals surface area contributed by atoms with Crippen molar-refractivity contribution >= 4 is 16.7 Å². The van der Waals surface area contributed by atoms with Gasteiger partial charge in [0.2, 0.25) is 0 Å². The van der Waals surface area contributed by atoms with Crippen LogP contribution in [0.25, 0.3) is 16.7 Å². The quantitative estimate of drug-likeness (QED) is 0.714. The molecule has 0 amide bonds. The Morgan fingerprint density at radius 3 is 2.54 bits per heavy atom. The van der Waals surface area contributed by atoms with Crippen LogP contribution in [0.15, 0.2) is 29.7 Å². The number of hydrogen-bond acceptors (Lipinski definition) is 2. The summed E-state index contributed by atoms with van der Waals surface area (Å²) >= 11 is 0. The van der Waals surface area contributed by atoms with Gasteiger partial charge >= 0.3 is 0 Å². The van der Waals surface area contributed by atoms with Crippen LogP contribution in [-0.4, -0.2) is 11.2 Å². The molecule has 1 aliphatic rings. The zero-order valence-electron chi connectivity index (χ0n) is 16.0. The van der Waals surface area contributed by atoms with E-state index >= 15 is 0 Å². The summed E-state index contributed by atoms with van der Waals surface area (Å²) in [7, 11) is 0. The molecule has 3 nitrogen and oxygen atoms in total. The first-order valence-corrected chi connectivity index (χ1v) is 9.10. The minimum Gasteiger partial charge on any atom is -0.494 e. The van der Waals surface area contributed by atoms with Gasteiger partial charge in [0.15, 0.2) is 5.43 Å². The minimum absolute atomic E-state index is 0.0292. The van der Waals surface area contributed by atoms with Crippen molar-refractivity contribution in [3.05, 3.63) is 51.8 Å². The number of nitrogens with zero attached hydrogens (tertiary/aromatic N) is 1. The number of benzene rings is 1. The number of pyridine rings is 1. The summed E-state index contributed by atoms with van der Waals surface area (Å²) in [6.07, 6.45) is 4.05. The topological polar surface area (TPSA) is 31.2 Å². The largest absolute Gasteiger partial charge is 0.494 e. The average molecular weight is 329 g/mol. The van der Waals surface area contributed by atoms with Gasteiger partial charge in [-0.15, -0.1) is 0 Å². The van der Waals surface area contributed by atoms with Gasteiger partial charge in [0.1, 0.15) is 5.76 Å². The van der Waals surface area contributed by atoms with Crippen LogP contribution in [0.4, 0.5) is 0 Å². The highest BCUT2D eigenvalue weighted by atomic mass is 16.5. The highest BCUT2D eigenvalue weighted by molar-refractivity contribution is 5.86. The van der Waals surface area contributed by atoms with Crippen molar-refractivity contribution in [1.29, 1.82) is 0 Å². The molecule has 1 aliphatic heterocycles. The molecule has 24 heavy (non-hydrogen) atoms. The van der Waals surface area contributed by atoms with Crippen LogP contribution < -0.4 is 5.43 Å². The molecule has 0 atom stereocenters. The summed E-state index contributed by atoms with van der Waals surface area (Å²) in [5.41, 5.74) is 4.10. The fourth-order valence-corrected chi connectivity index (χ4v) is 3.05. The molecule has 0 fully saturated rings. The lowest BCUT2D eigenvalue weighted by Crippen LogP contribution is -2.19. The molecule has 132 valence electrons. The summed E-state index contributed by atoms with van der Waals surface area (Å²) in [5.74, 6) is 0.469. The molecular formula is C21H31NO2. The van der Waals surface area contributed by atoms with Crippen LogP contribution in [-0.2, 0) is 17.7 Å². The Bertz CT molecular complexity index is 757. The molecule has 1 aromatic carbocycles. The number of hydrogen-bond donors (Lipinski definition) is 0. The van der Waals surface area contributed by atoms with Crippen molar-refractivity contribution in [2.75, 3.05) is 6.61 Å². The normalized spacial score (nSPS) is 11.8. The number of aromatic nitrogens is 1. The lowest BCUT2D eigenvalue weighted by Gasteiger charge is -2.22. The van der Waals surface area contributed by atoms with Crippen molar-refractivity contribution in [3.63, 3.8) is 0 Å². The van der Waals surface area contributed by atoms with E-state index in [4.69, 9.17) is 4.74 Å². The van der Waals surface area contributed by atoms with E-state index in [9.17, 15) is 4.79 Å².